The van der Waals surface area contributed by atoms with Gasteiger partial charge in [0.1, 0.15) is 5.82 Å². The van der Waals surface area contributed by atoms with Gasteiger partial charge in [0.25, 0.3) is 0 Å². The Labute approximate surface area is 106 Å². The first-order chi connectivity index (χ1) is 8.63. The Hall–Kier alpha value is -2.17. The van der Waals surface area contributed by atoms with Gasteiger partial charge in [-0.2, -0.15) is 5.10 Å². The fourth-order valence-electron chi connectivity index (χ4n) is 1.76. The number of anilines is 1. The lowest BCUT2D eigenvalue weighted by atomic mass is 10.1. The summed E-state index contributed by atoms with van der Waals surface area (Å²) in [6.45, 7) is 3.93. The molecular formula is C13H17N3O2. The van der Waals surface area contributed by atoms with E-state index in [1.54, 1.807) is 13.3 Å². The van der Waals surface area contributed by atoms with Crippen LogP contribution in [0.2, 0.25) is 0 Å². The SMILES string of the molecule is COc1cccc(-c2cn[nH]c2N)c1OC(C)C. The van der Waals surface area contributed by atoms with E-state index in [9.17, 15) is 0 Å². The number of nitrogen functional groups attached to an aromatic ring is 1. The fraction of sp³-hybridized carbons (Fsp3) is 0.308. The highest BCUT2D eigenvalue weighted by Gasteiger charge is 2.16. The lowest BCUT2D eigenvalue weighted by molar-refractivity contribution is 0.231. The van der Waals surface area contributed by atoms with Gasteiger partial charge in [0.2, 0.25) is 0 Å². The van der Waals surface area contributed by atoms with Crippen molar-refractivity contribution in [3.8, 4) is 22.6 Å². The minimum absolute atomic E-state index is 0.0492. The molecule has 0 fully saturated rings. The highest BCUT2D eigenvalue weighted by molar-refractivity contribution is 5.80. The maximum absolute atomic E-state index is 5.85. The predicted octanol–water partition coefficient (Wildman–Crippen LogP) is 2.45. The van der Waals surface area contributed by atoms with Crippen LogP contribution in [0.5, 0.6) is 11.5 Å². The van der Waals surface area contributed by atoms with Gasteiger partial charge in [-0.05, 0) is 19.9 Å². The van der Waals surface area contributed by atoms with Crippen LogP contribution in [0.4, 0.5) is 5.82 Å². The zero-order chi connectivity index (χ0) is 13.1. The second-order valence-corrected chi connectivity index (χ2v) is 4.20. The molecule has 1 aromatic heterocycles. The van der Waals surface area contributed by atoms with E-state index in [1.807, 2.05) is 32.0 Å². The zero-order valence-corrected chi connectivity index (χ0v) is 10.7. The third-order valence-electron chi connectivity index (χ3n) is 2.51. The van der Waals surface area contributed by atoms with Crippen LogP contribution in [0.1, 0.15) is 13.8 Å². The molecule has 0 atom stereocenters. The molecule has 0 radical (unpaired) electrons. The fourth-order valence-corrected chi connectivity index (χ4v) is 1.76. The summed E-state index contributed by atoms with van der Waals surface area (Å²) in [6, 6.07) is 5.69. The number of nitrogens with zero attached hydrogens (tertiary/aromatic N) is 1. The molecule has 5 heteroatoms. The van der Waals surface area contributed by atoms with E-state index in [-0.39, 0.29) is 6.10 Å². The topological polar surface area (TPSA) is 73.2 Å². The van der Waals surface area contributed by atoms with Gasteiger partial charge in [0.05, 0.1) is 19.4 Å². The van der Waals surface area contributed by atoms with Crippen LogP contribution in [0.3, 0.4) is 0 Å². The van der Waals surface area contributed by atoms with Crippen molar-refractivity contribution in [1.82, 2.24) is 10.2 Å². The van der Waals surface area contributed by atoms with Crippen LogP contribution in [0.25, 0.3) is 11.1 Å². The number of hydrogen-bond acceptors (Lipinski definition) is 4. The van der Waals surface area contributed by atoms with E-state index < -0.39 is 0 Å². The minimum atomic E-state index is 0.0492. The quantitative estimate of drug-likeness (QED) is 0.870. The number of aromatic amines is 1. The molecular weight excluding hydrogens is 230 g/mol. The van der Waals surface area contributed by atoms with Crippen molar-refractivity contribution in [2.45, 2.75) is 20.0 Å². The number of nitrogens with one attached hydrogen (secondary N) is 1. The van der Waals surface area contributed by atoms with Crippen LogP contribution in [0, 0.1) is 0 Å². The normalized spacial score (nSPS) is 10.7. The molecule has 0 bridgehead atoms. The number of benzene rings is 1. The first-order valence-corrected chi connectivity index (χ1v) is 5.76. The summed E-state index contributed by atoms with van der Waals surface area (Å²) in [7, 11) is 1.62. The number of H-pyrrole nitrogens is 1. The van der Waals surface area contributed by atoms with Gasteiger partial charge in [-0.3, -0.25) is 5.10 Å². The summed E-state index contributed by atoms with van der Waals surface area (Å²) in [5.41, 5.74) is 7.53. The largest absolute Gasteiger partial charge is 0.493 e. The van der Waals surface area contributed by atoms with Crippen LogP contribution < -0.4 is 15.2 Å². The van der Waals surface area contributed by atoms with E-state index in [2.05, 4.69) is 10.2 Å². The molecule has 2 rings (SSSR count). The average molecular weight is 247 g/mol. The number of nitrogens with two attached hydrogens (primary N) is 1. The molecule has 0 spiro atoms. The summed E-state index contributed by atoms with van der Waals surface area (Å²) in [5.74, 6) is 1.88. The number of para-hydroxylation sites is 1. The summed E-state index contributed by atoms with van der Waals surface area (Å²) in [6.07, 6.45) is 1.73. The van der Waals surface area contributed by atoms with E-state index in [0.717, 1.165) is 11.1 Å². The molecule has 0 saturated carbocycles. The number of rotatable bonds is 4. The number of methoxy groups -OCH3 is 1. The Morgan fingerprint density at radius 2 is 2.06 bits per heavy atom. The Kier molecular flexibility index (Phi) is 3.41. The molecule has 1 aromatic carbocycles. The standard InChI is InChI=1S/C13H17N3O2/c1-8(2)18-12-9(5-4-6-11(12)17-3)10-7-15-16-13(10)14/h4-8H,1-3H3,(H3,14,15,16). The molecule has 0 unspecified atom stereocenters. The van der Waals surface area contributed by atoms with Gasteiger partial charge in [-0.15, -0.1) is 0 Å². The van der Waals surface area contributed by atoms with E-state index >= 15 is 0 Å². The van der Waals surface area contributed by atoms with Crippen molar-refractivity contribution in [2.75, 3.05) is 12.8 Å². The highest BCUT2D eigenvalue weighted by Crippen LogP contribution is 2.40. The predicted molar refractivity (Wildman–Crippen MR) is 70.8 cm³/mol. The van der Waals surface area contributed by atoms with Crippen molar-refractivity contribution in [2.24, 2.45) is 0 Å². The lowest BCUT2D eigenvalue weighted by Crippen LogP contribution is -2.08. The van der Waals surface area contributed by atoms with Crippen molar-refractivity contribution in [3.63, 3.8) is 0 Å². The number of hydrogen-bond donors (Lipinski definition) is 2. The molecule has 1 heterocycles. The third kappa shape index (κ3) is 2.25. The van der Waals surface area contributed by atoms with Gasteiger partial charge in [0.15, 0.2) is 11.5 Å². The lowest BCUT2D eigenvalue weighted by Gasteiger charge is -2.17. The highest BCUT2D eigenvalue weighted by atomic mass is 16.5. The first-order valence-electron chi connectivity index (χ1n) is 5.76. The van der Waals surface area contributed by atoms with Crippen molar-refractivity contribution >= 4 is 5.82 Å². The number of ether oxygens (including phenoxy) is 2. The van der Waals surface area contributed by atoms with Gasteiger partial charge in [0, 0.05) is 11.1 Å². The van der Waals surface area contributed by atoms with Crippen molar-refractivity contribution in [3.05, 3.63) is 24.4 Å². The summed E-state index contributed by atoms with van der Waals surface area (Å²) in [4.78, 5) is 0. The molecule has 0 aliphatic heterocycles. The smallest absolute Gasteiger partial charge is 0.169 e. The number of aromatic nitrogens is 2. The van der Waals surface area contributed by atoms with E-state index in [0.29, 0.717) is 17.3 Å². The summed E-state index contributed by atoms with van der Waals surface area (Å²) >= 11 is 0. The molecule has 18 heavy (non-hydrogen) atoms. The van der Waals surface area contributed by atoms with Crippen LogP contribution in [-0.4, -0.2) is 23.4 Å². The summed E-state index contributed by atoms with van der Waals surface area (Å²) in [5, 5.41) is 6.64. The van der Waals surface area contributed by atoms with Gasteiger partial charge in [-0.25, -0.2) is 0 Å². The van der Waals surface area contributed by atoms with Crippen LogP contribution >= 0.6 is 0 Å². The molecule has 0 saturated heterocycles. The Balaban J connectivity index is 2.56. The molecule has 0 amide bonds. The monoisotopic (exact) mass is 247 g/mol. The maximum atomic E-state index is 5.85. The van der Waals surface area contributed by atoms with E-state index in [4.69, 9.17) is 15.2 Å². The molecule has 0 aliphatic carbocycles. The zero-order valence-electron chi connectivity index (χ0n) is 10.7. The molecule has 3 N–H and O–H groups in total. The molecule has 5 nitrogen and oxygen atoms in total. The minimum Gasteiger partial charge on any atom is -0.493 e. The summed E-state index contributed by atoms with van der Waals surface area (Å²) < 4.78 is 11.2. The van der Waals surface area contributed by atoms with Gasteiger partial charge >= 0.3 is 0 Å². The van der Waals surface area contributed by atoms with E-state index in [1.165, 1.54) is 0 Å². The third-order valence-corrected chi connectivity index (χ3v) is 2.51. The second kappa shape index (κ2) is 5.00. The average Bonchev–Trinajstić information content (AvgIpc) is 2.75. The Morgan fingerprint density at radius 3 is 2.61 bits per heavy atom. The van der Waals surface area contributed by atoms with Crippen LogP contribution in [0.15, 0.2) is 24.4 Å². The molecule has 0 aliphatic rings. The van der Waals surface area contributed by atoms with Gasteiger partial charge in [-0.1, -0.05) is 12.1 Å². The second-order valence-electron chi connectivity index (χ2n) is 4.20. The van der Waals surface area contributed by atoms with Crippen LogP contribution in [-0.2, 0) is 0 Å². The Bertz CT molecular complexity index is 535. The van der Waals surface area contributed by atoms with Gasteiger partial charge < -0.3 is 15.2 Å². The van der Waals surface area contributed by atoms with Crippen molar-refractivity contribution < 1.29 is 9.47 Å². The molecule has 96 valence electrons. The van der Waals surface area contributed by atoms with Crippen molar-refractivity contribution in [1.29, 1.82) is 0 Å². The maximum Gasteiger partial charge on any atom is 0.169 e. The first kappa shape index (κ1) is 12.3. The Morgan fingerprint density at radius 1 is 1.28 bits per heavy atom. The molecule has 2 aromatic rings.